The van der Waals surface area contributed by atoms with Gasteiger partial charge in [-0.2, -0.15) is 0 Å². The van der Waals surface area contributed by atoms with E-state index in [1.54, 1.807) is 12.3 Å². The highest BCUT2D eigenvalue weighted by Crippen LogP contribution is 2.40. The third-order valence-electron chi connectivity index (χ3n) is 4.51. The number of nitrogen functional groups attached to an aromatic ring is 1. The van der Waals surface area contributed by atoms with Gasteiger partial charge < -0.3 is 16.2 Å². The second-order valence-electron chi connectivity index (χ2n) is 7.82. The molecule has 7 heteroatoms. The SMILES string of the molecule is CC(=O)Nc1ccc(-c2csc3c(C=C(C(=O)O)C(C)(C)C)cnc(N)c23)cc1. The number of carboxylic acid groups (broad SMARTS) is 1. The lowest BCUT2D eigenvalue weighted by Gasteiger charge is -2.19. The first-order chi connectivity index (χ1) is 13.6. The molecule has 2 aromatic heterocycles. The van der Waals surface area contributed by atoms with Crippen molar-refractivity contribution in [3.8, 4) is 11.1 Å². The molecule has 0 aliphatic carbocycles. The molecule has 2 heterocycles. The Labute approximate surface area is 173 Å². The van der Waals surface area contributed by atoms with E-state index in [9.17, 15) is 14.7 Å². The van der Waals surface area contributed by atoms with Gasteiger partial charge in [-0.05, 0) is 34.6 Å². The molecule has 0 saturated carbocycles. The molecular formula is C22H23N3O3S. The van der Waals surface area contributed by atoms with Crippen LogP contribution in [0.5, 0.6) is 0 Å². The first kappa shape index (κ1) is 20.5. The largest absolute Gasteiger partial charge is 0.478 e. The number of nitrogens with zero attached hydrogens (tertiary/aromatic N) is 1. The molecule has 0 aliphatic rings. The number of amides is 1. The fraction of sp³-hybridized carbons (Fsp3) is 0.227. The van der Waals surface area contributed by atoms with Crippen molar-refractivity contribution in [3.05, 3.63) is 47.0 Å². The Balaban J connectivity index is 2.13. The summed E-state index contributed by atoms with van der Waals surface area (Å²) >= 11 is 1.50. The van der Waals surface area contributed by atoms with Gasteiger partial charge in [0, 0.05) is 45.6 Å². The Morgan fingerprint density at radius 3 is 2.41 bits per heavy atom. The number of nitrogens with one attached hydrogen (secondary N) is 1. The normalized spacial score (nSPS) is 12.2. The van der Waals surface area contributed by atoms with Gasteiger partial charge in [0.15, 0.2) is 0 Å². The van der Waals surface area contributed by atoms with Crippen molar-refractivity contribution in [3.63, 3.8) is 0 Å². The van der Waals surface area contributed by atoms with Crippen LogP contribution in [-0.2, 0) is 9.59 Å². The Kier molecular flexibility index (Phi) is 5.44. The lowest BCUT2D eigenvalue weighted by molar-refractivity contribution is -0.133. The number of carbonyl (C=O) groups excluding carboxylic acids is 1. The second-order valence-corrected chi connectivity index (χ2v) is 8.70. The third-order valence-corrected chi connectivity index (χ3v) is 5.54. The van der Waals surface area contributed by atoms with Crippen molar-refractivity contribution in [1.82, 2.24) is 4.98 Å². The maximum Gasteiger partial charge on any atom is 0.332 e. The monoisotopic (exact) mass is 409 g/mol. The summed E-state index contributed by atoms with van der Waals surface area (Å²) in [4.78, 5) is 27.3. The van der Waals surface area contributed by atoms with Gasteiger partial charge in [0.25, 0.3) is 0 Å². The number of thiophene rings is 1. The molecule has 6 nitrogen and oxygen atoms in total. The van der Waals surface area contributed by atoms with Gasteiger partial charge in [-0.3, -0.25) is 4.79 Å². The van der Waals surface area contributed by atoms with Crippen molar-refractivity contribution in [1.29, 1.82) is 0 Å². The molecule has 4 N–H and O–H groups in total. The molecule has 0 aliphatic heterocycles. The van der Waals surface area contributed by atoms with Crippen LogP contribution >= 0.6 is 11.3 Å². The van der Waals surface area contributed by atoms with Crippen LogP contribution in [-0.4, -0.2) is 22.0 Å². The summed E-state index contributed by atoms with van der Waals surface area (Å²) in [5, 5.41) is 15.2. The summed E-state index contributed by atoms with van der Waals surface area (Å²) in [5.41, 5.74) is 9.28. The average molecular weight is 410 g/mol. The van der Waals surface area contributed by atoms with E-state index < -0.39 is 11.4 Å². The highest BCUT2D eigenvalue weighted by atomic mass is 32.1. The minimum Gasteiger partial charge on any atom is -0.478 e. The van der Waals surface area contributed by atoms with Crippen LogP contribution in [0.15, 0.2) is 41.4 Å². The number of rotatable bonds is 4. The number of anilines is 2. The number of carbonyl (C=O) groups is 2. The predicted molar refractivity (Wildman–Crippen MR) is 119 cm³/mol. The van der Waals surface area contributed by atoms with Crippen LogP contribution in [0.1, 0.15) is 33.3 Å². The number of hydrogen-bond donors (Lipinski definition) is 3. The zero-order chi connectivity index (χ0) is 21.3. The first-order valence-corrected chi connectivity index (χ1v) is 9.95. The van der Waals surface area contributed by atoms with Gasteiger partial charge in [0.2, 0.25) is 5.91 Å². The van der Waals surface area contributed by atoms with Crippen LogP contribution in [0.25, 0.3) is 27.3 Å². The minimum absolute atomic E-state index is 0.128. The van der Waals surface area contributed by atoms with Crippen LogP contribution in [0.4, 0.5) is 11.5 Å². The maximum atomic E-state index is 11.7. The van der Waals surface area contributed by atoms with E-state index in [1.165, 1.54) is 18.3 Å². The highest BCUT2D eigenvalue weighted by Gasteiger charge is 2.24. The van der Waals surface area contributed by atoms with E-state index in [2.05, 4.69) is 10.3 Å². The zero-order valence-electron chi connectivity index (χ0n) is 16.7. The lowest BCUT2D eigenvalue weighted by atomic mass is 9.85. The van der Waals surface area contributed by atoms with Gasteiger partial charge in [-0.15, -0.1) is 11.3 Å². The third kappa shape index (κ3) is 4.30. The molecule has 0 saturated heterocycles. The second kappa shape index (κ2) is 7.67. The summed E-state index contributed by atoms with van der Waals surface area (Å²) in [6, 6.07) is 7.48. The van der Waals surface area contributed by atoms with Crippen molar-refractivity contribution in [2.75, 3.05) is 11.1 Å². The van der Waals surface area contributed by atoms with E-state index in [4.69, 9.17) is 5.73 Å². The molecule has 1 aromatic carbocycles. The Morgan fingerprint density at radius 2 is 1.86 bits per heavy atom. The zero-order valence-corrected chi connectivity index (χ0v) is 17.6. The van der Waals surface area contributed by atoms with Gasteiger partial charge in [-0.1, -0.05) is 32.9 Å². The summed E-state index contributed by atoms with van der Waals surface area (Å²) < 4.78 is 0.890. The Morgan fingerprint density at radius 1 is 1.21 bits per heavy atom. The van der Waals surface area contributed by atoms with Crippen LogP contribution in [0, 0.1) is 5.41 Å². The summed E-state index contributed by atoms with van der Waals surface area (Å²) in [6.07, 6.45) is 3.30. The van der Waals surface area contributed by atoms with Gasteiger partial charge >= 0.3 is 5.97 Å². The summed E-state index contributed by atoms with van der Waals surface area (Å²) in [7, 11) is 0. The minimum atomic E-state index is -0.951. The number of hydrogen-bond acceptors (Lipinski definition) is 5. The van der Waals surface area contributed by atoms with Crippen LogP contribution in [0.2, 0.25) is 0 Å². The fourth-order valence-electron chi connectivity index (χ4n) is 3.09. The molecule has 0 fully saturated rings. The van der Waals surface area contributed by atoms with E-state index in [0.29, 0.717) is 17.1 Å². The number of carboxylic acids is 1. The fourth-order valence-corrected chi connectivity index (χ4v) is 4.16. The standard InChI is InChI=1S/C22H23N3O3S/c1-12(26)25-15-7-5-13(6-8-15)16-11-29-19-14(10-24-20(23)18(16)19)9-17(21(27)28)22(2,3)4/h5-11H,1-4H3,(H2,23,24)(H,25,26)(H,27,28). The van der Waals surface area contributed by atoms with E-state index in [1.807, 2.05) is 50.4 Å². The van der Waals surface area contributed by atoms with Gasteiger partial charge in [-0.25, -0.2) is 9.78 Å². The molecule has 0 spiro atoms. The molecule has 3 rings (SSSR count). The smallest absolute Gasteiger partial charge is 0.332 e. The van der Waals surface area contributed by atoms with Crippen molar-refractivity contribution < 1.29 is 14.7 Å². The number of aliphatic carboxylic acids is 1. The number of aromatic nitrogens is 1. The van der Waals surface area contributed by atoms with Crippen LogP contribution in [0.3, 0.4) is 0 Å². The first-order valence-electron chi connectivity index (χ1n) is 9.07. The highest BCUT2D eigenvalue weighted by molar-refractivity contribution is 7.18. The van der Waals surface area contributed by atoms with Gasteiger partial charge in [0.1, 0.15) is 5.82 Å². The van der Waals surface area contributed by atoms with Gasteiger partial charge in [0.05, 0.1) is 0 Å². The maximum absolute atomic E-state index is 11.7. The molecular weight excluding hydrogens is 386 g/mol. The molecule has 0 atom stereocenters. The van der Waals surface area contributed by atoms with E-state index >= 15 is 0 Å². The molecule has 150 valence electrons. The number of benzene rings is 1. The van der Waals surface area contributed by atoms with Crippen molar-refractivity contribution >= 4 is 50.9 Å². The molecule has 29 heavy (non-hydrogen) atoms. The van der Waals surface area contributed by atoms with Crippen LogP contribution < -0.4 is 11.1 Å². The van der Waals surface area contributed by atoms with E-state index in [-0.39, 0.29) is 5.91 Å². The molecule has 0 unspecified atom stereocenters. The Hall–Kier alpha value is -3.19. The quantitative estimate of drug-likeness (QED) is 0.525. The molecule has 0 bridgehead atoms. The predicted octanol–water partition coefficient (Wildman–Crippen LogP) is 5.02. The number of pyridine rings is 1. The summed E-state index contributed by atoms with van der Waals surface area (Å²) in [5.74, 6) is -0.684. The van der Waals surface area contributed by atoms with Crippen molar-refractivity contribution in [2.24, 2.45) is 5.41 Å². The number of fused-ring (bicyclic) bond motifs is 1. The lowest BCUT2D eigenvalue weighted by Crippen LogP contribution is -2.17. The van der Waals surface area contributed by atoms with E-state index in [0.717, 1.165) is 26.8 Å². The number of nitrogens with two attached hydrogens (primary N) is 1. The molecule has 3 aromatic rings. The summed E-state index contributed by atoms with van der Waals surface area (Å²) in [6.45, 7) is 7.06. The Bertz CT molecular complexity index is 1120. The molecule has 0 radical (unpaired) electrons. The average Bonchev–Trinajstić information content (AvgIpc) is 3.06. The topological polar surface area (TPSA) is 105 Å². The van der Waals surface area contributed by atoms with Crippen molar-refractivity contribution in [2.45, 2.75) is 27.7 Å². The molecule has 1 amide bonds.